The van der Waals surface area contributed by atoms with Crippen molar-refractivity contribution >= 4 is 23.6 Å². The average molecular weight is 1000 g/mol. The molecule has 2 aliphatic heterocycles. The van der Waals surface area contributed by atoms with Gasteiger partial charge >= 0.3 is 12.2 Å². The van der Waals surface area contributed by atoms with Crippen LogP contribution in [-0.4, -0.2) is 105 Å². The van der Waals surface area contributed by atoms with E-state index in [1.54, 1.807) is 42.4 Å². The van der Waals surface area contributed by atoms with Crippen LogP contribution in [0.1, 0.15) is 160 Å². The molecule has 2 heterocycles. The second kappa shape index (κ2) is 29.8. The number of ether oxygens (including phenoxy) is 7. The van der Waals surface area contributed by atoms with Gasteiger partial charge in [0.2, 0.25) is 12.1 Å². The number of amides is 2. The van der Waals surface area contributed by atoms with Crippen molar-refractivity contribution < 1.29 is 57.8 Å². The van der Waals surface area contributed by atoms with E-state index in [2.05, 4.69) is 24.9 Å². The summed E-state index contributed by atoms with van der Waals surface area (Å²) in [6.07, 6.45) is 21.9. The standard InChI is InChI=1S/C57H85N3O12/c1-6-9-10-11-12-13-14-15-16-22-36-68-56(64)60(31-7-2)51-40-48(59-72-52-26-19-23-35-67-52)45-37-41(24-17-20-32-61)44(25-18-21-33-62)53-46-38-43(28-30-49(46)71-57(51,54(45)53)69-34-8-3)70-55(63)58-47-29-27-42(65-4)39-50(47)66-5/h8,27-30,37-39,41,44,51-54,61-62H,3,6-7,9-26,31-36,40H2,1-2,4-5H3,(H,58,63). The van der Waals surface area contributed by atoms with E-state index >= 15 is 0 Å². The summed E-state index contributed by atoms with van der Waals surface area (Å²) in [5.74, 6) is -0.535. The number of unbranched alkanes of at least 4 members (excludes halogenated alkanes) is 11. The molecule has 0 aromatic heterocycles. The molecule has 4 aliphatic rings. The maximum Gasteiger partial charge on any atom is 0.417 e. The third-order valence-electron chi connectivity index (χ3n) is 14.7. The van der Waals surface area contributed by atoms with Gasteiger partial charge in [-0.25, -0.2) is 9.59 Å². The number of hydrogen-bond acceptors (Lipinski definition) is 13. The molecule has 0 bridgehead atoms. The van der Waals surface area contributed by atoms with Crippen molar-refractivity contribution in [3.8, 4) is 23.0 Å². The second-order valence-electron chi connectivity index (χ2n) is 19.7. The third kappa shape index (κ3) is 14.9. The number of nitrogens with one attached hydrogen (secondary N) is 1. The molecule has 0 spiro atoms. The Kier molecular flexibility index (Phi) is 23.3. The third-order valence-corrected chi connectivity index (χ3v) is 14.7. The van der Waals surface area contributed by atoms with Crippen molar-refractivity contribution in [1.82, 2.24) is 4.90 Å². The lowest BCUT2D eigenvalue weighted by atomic mass is 9.55. The highest BCUT2D eigenvalue weighted by Gasteiger charge is 2.65. The monoisotopic (exact) mass is 1000 g/mol. The van der Waals surface area contributed by atoms with Gasteiger partial charge in [0.25, 0.3) is 0 Å². The molecule has 15 heteroatoms. The van der Waals surface area contributed by atoms with Crippen LogP contribution >= 0.6 is 0 Å². The summed E-state index contributed by atoms with van der Waals surface area (Å²) < 4.78 is 43.6. The molecule has 6 rings (SSSR count). The Hall–Kier alpha value is -4.83. The van der Waals surface area contributed by atoms with Crippen molar-refractivity contribution in [1.29, 1.82) is 0 Å². The number of carbonyl (C=O) groups is 2. The summed E-state index contributed by atoms with van der Waals surface area (Å²) in [6.45, 7) is 9.87. The van der Waals surface area contributed by atoms with Gasteiger partial charge in [0.05, 0.1) is 51.4 Å². The van der Waals surface area contributed by atoms with Crippen molar-refractivity contribution in [2.24, 2.45) is 22.9 Å². The molecule has 3 N–H and O–H groups in total. The van der Waals surface area contributed by atoms with Gasteiger partial charge in [-0.3, -0.25) is 10.2 Å². The van der Waals surface area contributed by atoms with Crippen LogP contribution in [0.2, 0.25) is 0 Å². The van der Waals surface area contributed by atoms with Gasteiger partial charge in [-0.1, -0.05) is 102 Å². The number of benzene rings is 2. The molecule has 72 heavy (non-hydrogen) atoms. The van der Waals surface area contributed by atoms with Crippen LogP contribution in [0.25, 0.3) is 0 Å². The molecular weight excluding hydrogens is 919 g/mol. The van der Waals surface area contributed by atoms with Crippen molar-refractivity contribution in [2.45, 2.75) is 173 Å². The van der Waals surface area contributed by atoms with E-state index in [1.165, 1.54) is 52.1 Å². The molecular formula is C57H85N3O12. The number of methoxy groups -OCH3 is 2. The van der Waals surface area contributed by atoms with Gasteiger partial charge in [-0.2, -0.15) is 0 Å². The van der Waals surface area contributed by atoms with Crippen LogP contribution in [0.15, 0.2) is 65.9 Å². The number of fused-ring (bicyclic) bond motifs is 2. The minimum atomic E-state index is -1.46. The topological polar surface area (TPSA) is 176 Å². The number of aliphatic hydroxyl groups is 2. The lowest BCUT2D eigenvalue weighted by Crippen LogP contribution is -2.70. The zero-order valence-corrected chi connectivity index (χ0v) is 43.8. The Bertz CT molecular complexity index is 2060. The molecule has 2 fully saturated rings. The van der Waals surface area contributed by atoms with Crippen molar-refractivity contribution in [3.05, 3.63) is 66.3 Å². The van der Waals surface area contributed by atoms with Crippen LogP contribution in [-0.2, 0) is 19.0 Å². The largest absolute Gasteiger partial charge is 0.497 e. The van der Waals surface area contributed by atoms with E-state index in [0.717, 1.165) is 68.9 Å². The normalized spacial score (nSPS) is 23.7. The molecule has 1 saturated heterocycles. The van der Waals surface area contributed by atoms with Gasteiger partial charge in [-0.05, 0) is 99.1 Å². The first-order valence-corrected chi connectivity index (χ1v) is 27.3. The maximum absolute atomic E-state index is 14.7. The SMILES string of the molecule is C=CCOC12Oc3ccc(OC(=O)Nc4ccc(OC)cc4OC)cc3C3C(CCCCO)C(CCCCO)C=C(C(=NOC4CCCCO4)CC1N(CCC)C(=O)OCCCCCCCCCCCC)C32. The van der Waals surface area contributed by atoms with Crippen molar-refractivity contribution in [2.75, 3.05) is 59.1 Å². The van der Waals surface area contributed by atoms with Gasteiger partial charge in [0.15, 0.2) is 0 Å². The number of anilines is 1. The fourth-order valence-corrected chi connectivity index (χ4v) is 11.2. The van der Waals surface area contributed by atoms with E-state index in [9.17, 15) is 19.8 Å². The highest BCUT2D eigenvalue weighted by Crippen LogP contribution is 2.62. The molecule has 7 unspecified atom stereocenters. The average Bonchev–Trinajstić information content (AvgIpc) is 3.39. The van der Waals surface area contributed by atoms with Crippen LogP contribution < -0.4 is 24.3 Å². The summed E-state index contributed by atoms with van der Waals surface area (Å²) >= 11 is 0. The van der Waals surface area contributed by atoms with Gasteiger partial charge < -0.3 is 48.2 Å². The zero-order chi connectivity index (χ0) is 51.1. The molecule has 15 nitrogen and oxygen atoms in total. The number of nitrogens with zero attached hydrogens (tertiary/aromatic N) is 2. The Morgan fingerprint density at radius 3 is 2.29 bits per heavy atom. The fraction of sp³-hybridized carbons (Fsp3) is 0.667. The minimum Gasteiger partial charge on any atom is -0.497 e. The maximum atomic E-state index is 14.7. The molecule has 2 aromatic rings. The van der Waals surface area contributed by atoms with Crippen LogP contribution in [0.5, 0.6) is 23.0 Å². The fourth-order valence-electron chi connectivity index (χ4n) is 11.2. The van der Waals surface area contributed by atoms with E-state index in [1.807, 2.05) is 19.1 Å². The van der Waals surface area contributed by atoms with Gasteiger partial charge in [0.1, 0.15) is 29.0 Å². The Morgan fingerprint density at radius 2 is 1.61 bits per heavy atom. The quantitative estimate of drug-likeness (QED) is 0.0371. The smallest absolute Gasteiger partial charge is 0.417 e. The first-order chi connectivity index (χ1) is 35.2. The Labute approximate surface area is 428 Å². The second-order valence-corrected chi connectivity index (χ2v) is 19.7. The predicted octanol–water partition coefficient (Wildman–Crippen LogP) is 12.2. The molecule has 400 valence electrons. The number of allylic oxidation sites excluding steroid dienone is 1. The van der Waals surface area contributed by atoms with E-state index < -0.39 is 36.2 Å². The zero-order valence-electron chi connectivity index (χ0n) is 43.8. The predicted molar refractivity (Wildman–Crippen MR) is 279 cm³/mol. The molecule has 0 radical (unpaired) electrons. The van der Waals surface area contributed by atoms with Crippen LogP contribution in [0, 0.1) is 17.8 Å². The Morgan fingerprint density at radius 1 is 0.875 bits per heavy atom. The molecule has 7 atom stereocenters. The number of rotatable bonds is 31. The molecule has 2 aliphatic carbocycles. The number of carbonyl (C=O) groups excluding carboxylic acids is 2. The summed E-state index contributed by atoms with van der Waals surface area (Å²) in [5, 5.41) is 27.9. The summed E-state index contributed by atoms with van der Waals surface area (Å²) in [4.78, 5) is 36.5. The van der Waals surface area contributed by atoms with Gasteiger partial charge in [-0.15, -0.1) is 6.58 Å². The number of aliphatic hydroxyl groups excluding tert-OH is 2. The van der Waals surface area contributed by atoms with E-state index in [-0.39, 0.29) is 44.0 Å². The molecule has 2 aromatic carbocycles. The van der Waals surface area contributed by atoms with Crippen LogP contribution in [0.3, 0.4) is 0 Å². The van der Waals surface area contributed by atoms with E-state index in [4.69, 9.17) is 43.2 Å². The number of hydrogen-bond donors (Lipinski definition) is 3. The van der Waals surface area contributed by atoms with E-state index in [0.29, 0.717) is 79.8 Å². The molecule has 1 saturated carbocycles. The van der Waals surface area contributed by atoms with Crippen LogP contribution in [0.4, 0.5) is 15.3 Å². The highest BCUT2D eigenvalue weighted by atomic mass is 16.8. The van der Waals surface area contributed by atoms with Gasteiger partial charge in [0, 0.05) is 50.1 Å². The first kappa shape index (κ1) is 56.5. The molecule has 2 amide bonds. The Balaban J connectivity index is 1.41. The lowest BCUT2D eigenvalue weighted by molar-refractivity contribution is -0.255. The summed E-state index contributed by atoms with van der Waals surface area (Å²) in [6, 6.07) is 9.77. The summed E-state index contributed by atoms with van der Waals surface area (Å²) in [7, 11) is 3.07. The highest BCUT2D eigenvalue weighted by molar-refractivity contribution is 6.03. The first-order valence-electron chi connectivity index (χ1n) is 27.3. The van der Waals surface area contributed by atoms with Crippen molar-refractivity contribution in [3.63, 3.8) is 0 Å². The number of oxime groups is 1. The minimum absolute atomic E-state index is 0.00964. The lowest BCUT2D eigenvalue weighted by Gasteiger charge is -2.59. The summed E-state index contributed by atoms with van der Waals surface area (Å²) in [5.41, 5.74) is 2.81.